The van der Waals surface area contributed by atoms with Gasteiger partial charge in [-0.2, -0.15) is 0 Å². The van der Waals surface area contributed by atoms with E-state index in [4.69, 9.17) is 5.73 Å². The van der Waals surface area contributed by atoms with Gasteiger partial charge in [0.25, 0.3) is 0 Å². The number of carbonyl (C=O) groups excluding carboxylic acids is 1. The first kappa shape index (κ1) is 24.3. The van der Waals surface area contributed by atoms with Crippen molar-refractivity contribution < 1.29 is 9.18 Å². The molecule has 1 aromatic heterocycles. The highest BCUT2D eigenvalue weighted by Crippen LogP contribution is 2.12. The van der Waals surface area contributed by atoms with Gasteiger partial charge in [0, 0.05) is 19.0 Å². The highest BCUT2D eigenvalue weighted by molar-refractivity contribution is 14.0. The Kier molecular flexibility index (Phi) is 10.4. The maximum Gasteiger partial charge on any atom is 0.222 e. The molecule has 1 heterocycles. The zero-order valence-corrected chi connectivity index (χ0v) is 19.5. The van der Waals surface area contributed by atoms with E-state index in [1.54, 1.807) is 23.5 Å². The number of hydrogen-bond acceptors (Lipinski definition) is 4. The number of amides is 1. The molecular weight excluding hydrogens is 492 g/mol. The Labute approximate surface area is 186 Å². The lowest BCUT2D eigenvalue weighted by Gasteiger charge is -2.22. The van der Waals surface area contributed by atoms with Crippen LogP contribution in [0.2, 0.25) is 0 Å². The van der Waals surface area contributed by atoms with Gasteiger partial charge in [-0.05, 0) is 38.0 Å². The highest BCUT2D eigenvalue weighted by Gasteiger charge is 2.17. The zero-order valence-electron chi connectivity index (χ0n) is 16.3. The predicted octanol–water partition coefficient (Wildman–Crippen LogP) is 2.95. The summed E-state index contributed by atoms with van der Waals surface area (Å²) in [5.74, 6) is -0.495. The second-order valence-corrected chi connectivity index (χ2v) is 7.40. The molecular formula is C19H27FIN5OS. The summed E-state index contributed by atoms with van der Waals surface area (Å²) in [5.41, 5.74) is 7.38. The first-order valence-corrected chi connectivity index (χ1v) is 9.71. The smallest absolute Gasteiger partial charge is 0.222 e. The second-order valence-electron chi connectivity index (χ2n) is 6.34. The van der Waals surface area contributed by atoms with E-state index in [1.807, 2.05) is 31.2 Å². The number of hydrogen-bond donors (Lipinski definition) is 2. The largest absolute Gasteiger partial charge is 0.369 e. The van der Waals surface area contributed by atoms with E-state index in [2.05, 4.69) is 15.3 Å². The van der Waals surface area contributed by atoms with Crippen molar-refractivity contribution in [1.82, 2.24) is 15.2 Å². The Bertz CT molecular complexity index is 781. The fourth-order valence-corrected chi connectivity index (χ4v) is 3.23. The predicted molar refractivity (Wildman–Crippen MR) is 123 cm³/mol. The van der Waals surface area contributed by atoms with Crippen LogP contribution < -0.4 is 11.1 Å². The van der Waals surface area contributed by atoms with Crippen molar-refractivity contribution in [2.24, 2.45) is 16.6 Å². The highest BCUT2D eigenvalue weighted by atomic mass is 127. The fourth-order valence-electron chi connectivity index (χ4n) is 2.63. The number of benzene rings is 1. The van der Waals surface area contributed by atoms with Crippen molar-refractivity contribution in [2.75, 3.05) is 20.1 Å². The number of aromatic nitrogens is 1. The maximum absolute atomic E-state index is 13.1. The summed E-state index contributed by atoms with van der Waals surface area (Å²) in [6.45, 7) is 5.55. The van der Waals surface area contributed by atoms with Crippen LogP contribution >= 0.6 is 35.3 Å². The monoisotopic (exact) mass is 519 g/mol. The molecule has 0 radical (unpaired) electrons. The lowest BCUT2D eigenvalue weighted by molar-refractivity contribution is -0.121. The summed E-state index contributed by atoms with van der Waals surface area (Å²) < 4.78 is 13.1. The summed E-state index contributed by atoms with van der Waals surface area (Å²) in [4.78, 5) is 22.9. The molecule has 2 rings (SSSR count). The van der Waals surface area contributed by atoms with E-state index in [9.17, 15) is 9.18 Å². The number of nitrogens with zero attached hydrogens (tertiary/aromatic N) is 3. The van der Waals surface area contributed by atoms with Crippen molar-refractivity contribution >= 4 is 47.2 Å². The summed E-state index contributed by atoms with van der Waals surface area (Å²) in [7, 11) is 1.93. The molecule has 1 unspecified atom stereocenters. The van der Waals surface area contributed by atoms with Crippen LogP contribution in [-0.4, -0.2) is 41.9 Å². The second kappa shape index (κ2) is 11.9. The molecule has 9 heteroatoms. The minimum atomic E-state index is -0.459. The molecule has 0 saturated heterocycles. The van der Waals surface area contributed by atoms with Gasteiger partial charge in [-0.3, -0.25) is 9.79 Å². The SMILES string of the molecule is CCNC(=NCC(Cc1ccc(F)cc1)C(N)=O)N(C)Cc1csc(C)n1.I. The van der Waals surface area contributed by atoms with Crippen LogP contribution in [0.4, 0.5) is 4.39 Å². The number of thiazole rings is 1. The number of aryl methyl sites for hydroxylation is 1. The molecule has 3 N–H and O–H groups in total. The molecule has 1 atom stereocenters. The molecule has 0 aliphatic rings. The number of aliphatic imine (C=N–C) groups is 1. The number of primary amides is 1. The van der Waals surface area contributed by atoms with E-state index in [-0.39, 0.29) is 36.3 Å². The molecule has 28 heavy (non-hydrogen) atoms. The summed E-state index contributed by atoms with van der Waals surface area (Å²) in [6, 6.07) is 6.09. The molecule has 0 aliphatic heterocycles. The summed E-state index contributed by atoms with van der Waals surface area (Å²) in [5, 5.41) is 6.27. The average molecular weight is 519 g/mol. The molecule has 154 valence electrons. The molecule has 0 aliphatic carbocycles. The minimum absolute atomic E-state index is 0. The van der Waals surface area contributed by atoms with Gasteiger partial charge in [0.2, 0.25) is 5.91 Å². The van der Waals surface area contributed by atoms with E-state index in [0.29, 0.717) is 25.5 Å². The number of rotatable bonds is 8. The van der Waals surface area contributed by atoms with Crippen molar-refractivity contribution in [3.8, 4) is 0 Å². The van der Waals surface area contributed by atoms with Gasteiger partial charge in [-0.1, -0.05) is 12.1 Å². The number of guanidine groups is 1. The van der Waals surface area contributed by atoms with Crippen molar-refractivity contribution in [2.45, 2.75) is 26.8 Å². The van der Waals surface area contributed by atoms with Crippen LogP contribution in [0.1, 0.15) is 23.2 Å². The molecule has 0 bridgehead atoms. The van der Waals surface area contributed by atoms with Crippen LogP contribution in [0.5, 0.6) is 0 Å². The Hall–Kier alpha value is -1.75. The van der Waals surface area contributed by atoms with Gasteiger partial charge in [0.15, 0.2) is 5.96 Å². The standard InChI is InChI=1S/C19H26FN5OS.HI/c1-4-22-19(25(3)11-17-12-27-13(2)24-17)23-10-15(18(21)26)9-14-5-7-16(20)8-6-14;/h5-8,12,15H,4,9-11H2,1-3H3,(H2,21,26)(H,22,23);1H. The third-order valence-electron chi connectivity index (χ3n) is 4.02. The molecule has 0 saturated carbocycles. The number of halogens is 2. The summed E-state index contributed by atoms with van der Waals surface area (Å²) in [6.07, 6.45) is 0.424. The third kappa shape index (κ3) is 7.70. The van der Waals surface area contributed by atoms with Crippen LogP contribution in [0.3, 0.4) is 0 Å². The quantitative estimate of drug-likeness (QED) is 0.319. The van der Waals surface area contributed by atoms with Crippen LogP contribution in [-0.2, 0) is 17.8 Å². The Morgan fingerprint density at radius 1 is 1.39 bits per heavy atom. The number of carbonyl (C=O) groups is 1. The first-order chi connectivity index (χ1) is 12.9. The Morgan fingerprint density at radius 3 is 2.61 bits per heavy atom. The average Bonchev–Trinajstić information content (AvgIpc) is 3.03. The maximum atomic E-state index is 13.1. The third-order valence-corrected chi connectivity index (χ3v) is 4.84. The minimum Gasteiger partial charge on any atom is -0.369 e. The van der Waals surface area contributed by atoms with Gasteiger partial charge >= 0.3 is 0 Å². The van der Waals surface area contributed by atoms with Gasteiger partial charge in [0.05, 0.1) is 29.7 Å². The lowest BCUT2D eigenvalue weighted by Crippen LogP contribution is -2.39. The number of nitrogens with two attached hydrogens (primary N) is 1. The van der Waals surface area contributed by atoms with E-state index in [0.717, 1.165) is 16.3 Å². The number of nitrogens with one attached hydrogen (secondary N) is 1. The van der Waals surface area contributed by atoms with Gasteiger partial charge in [0.1, 0.15) is 5.82 Å². The molecule has 1 amide bonds. The van der Waals surface area contributed by atoms with E-state index < -0.39 is 11.8 Å². The van der Waals surface area contributed by atoms with E-state index >= 15 is 0 Å². The van der Waals surface area contributed by atoms with Crippen LogP contribution in [0.15, 0.2) is 34.6 Å². The normalized spacial score (nSPS) is 12.2. The molecule has 0 fully saturated rings. The van der Waals surface area contributed by atoms with Gasteiger partial charge in [-0.15, -0.1) is 35.3 Å². The Morgan fingerprint density at radius 2 is 2.07 bits per heavy atom. The van der Waals surface area contributed by atoms with Crippen LogP contribution in [0.25, 0.3) is 0 Å². The van der Waals surface area contributed by atoms with E-state index in [1.165, 1.54) is 12.1 Å². The Balaban J connectivity index is 0.00000392. The fraction of sp³-hybridized carbons (Fsp3) is 0.421. The van der Waals surface area contributed by atoms with Gasteiger partial charge < -0.3 is 16.0 Å². The molecule has 2 aromatic rings. The van der Waals surface area contributed by atoms with Crippen molar-refractivity contribution in [3.63, 3.8) is 0 Å². The lowest BCUT2D eigenvalue weighted by atomic mass is 9.99. The van der Waals surface area contributed by atoms with Gasteiger partial charge in [-0.25, -0.2) is 9.37 Å². The van der Waals surface area contributed by atoms with Crippen LogP contribution in [0, 0.1) is 18.7 Å². The topological polar surface area (TPSA) is 83.6 Å². The molecule has 0 spiro atoms. The molecule has 1 aromatic carbocycles. The summed E-state index contributed by atoms with van der Waals surface area (Å²) >= 11 is 1.61. The molecule has 6 nitrogen and oxygen atoms in total. The van der Waals surface area contributed by atoms with Crippen molar-refractivity contribution in [1.29, 1.82) is 0 Å². The zero-order chi connectivity index (χ0) is 19.8. The van der Waals surface area contributed by atoms with Crippen molar-refractivity contribution in [3.05, 3.63) is 51.7 Å². The first-order valence-electron chi connectivity index (χ1n) is 8.83.